The molecule has 2 atom stereocenters. The Morgan fingerprint density at radius 3 is 1.12 bits per heavy atom. The predicted molar refractivity (Wildman–Crippen MR) is 148 cm³/mol. The number of nitrogens with zero attached hydrogens (tertiary/aromatic N) is 4. The second kappa shape index (κ2) is 15.0. The molecule has 0 saturated carbocycles. The fourth-order valence-electron chi connectivity index (χ4n) is 4.88. The van der Waals surface area contributed by atoms with Crippen LogP contribution in [0.1, 0.15) is 51.4 Å². The van der Waals surface area contributed by atoms with Crippen molar-refractivity contribution in [3.63, 3.8) is 0 Å². The fourth-order valence-corrected chi connectivity index (χ4v) is 4.88. The minimum atomic E-state index is -2.10. The van der Waals surface area contributed by atoms with Crippen LogP contribution in [0.3, 0.4) is 0 Å². The summed E-state index contributed by atoms with van der Waals surface area (Å²) in [4.78, 5) is 159. The van der Waals surface area contributed by atoms with Gasteiger partial charge in [0.25, 0.3) is 47.3 Å². The zero-order valence-electron chi connectivity index (χ0n) is 25.0. The molecule has 0 aromatic rings. The van der Waals surface area contributed by atoms with E-state index in [1.807, 2.05) is 0 Å². The topological polar surface area (TPSA) is 260 Å². The maximum atomic E-state index is 13.5. The number of nitrogens with one attached hydrogen (secondary N) is 2. The van der Waals surface area contributed by atoms with Gasteiger partial charge in [-0.25, -0.2) is 9.59 Å². The summed E-state index contributed by atoms with van der Waals surface area (Å²) in [5, 5.41) is 5.36. The first kappa shape index (κ1) is 34.8. The van der Waals surface area contributed by atoms with E-state index in [9.17, 15) is 57.5 Å². The number of carbonyl (C=O) groups excluding carboxylic acids is 12. The van der Waals surface area contributed by atoms with Crippen LogP contribution >= 0.6 is 0 Å². The van der Waals surface area contributed by atoms with Crippen LogP contribution in [0, 0.1) is 0 Å². The van der Waals surface area contributed by atoms with Crippen molar-refractivity contribution in [2.24, 2.45) is 0 Å². The van der Waals surface area contributed by atoms with Crippen LogP contribution in [0.5, 0.6) is 0 Å². The maximum absolute atomic E-state index is 13.5. The van der Waals surface area contributed by atoms with E-state index in [0.29, 0.717) is 19.9 Å². The minimum absolute atomic E-state index is 0.117. The number of hydroxylamine groups is 4. The van der Waals surface area contributed by atoms with Gasteiger partial charge in [0, 0.05) is 75.9 Å². The Kier molecular flexibility index (Phi) is 10.9. The average molecular weight is 673 g/mol. The standard InChI is InChI=1S/C28H28N6O14/c35-15-5-6-16(36)31(15)25(27(45)29-13-1-3-23(43)47-33-19(39)9-10-20(33)40)26(32-17(37)7-8-18(32)38)28(46)30-14-2-4-24(44)48-34-21(41)11-12-22(34)42/h5-8,25-26H,1-4,9-14H2,(H,29,45)(H,30,46)/t25-,26-/m0/s1. The van der Waals surface area contributed by atoms with Crippen molar-refractivity contribution in [3.05, 3.63) is 24.3 Å². The number of hydrogen-bond donors (Lipinski definition) is 2. The highest BCUT2D eigenvalue weighted by molar-refractivity contribution is 6.19. The summed E-state index contributed by atoms with van der Waals surface area (Å²) < 4.78 is 0. The zero-order chi connectivity index (χ0) is 35.1. The molecule has 2 saturated heterocycles. The molecule has 0 aromatic carbocycles. The molecule has 4 aliphatic heterocycles. The van der Waals surface area contributed by atoms with Gasteiger partial charge in [-0.05, 0) is 12.8 Å². The van der Waals surface area contributed by atoms with Crippen LogP contribution in [0.25, 0.3) is 0 Å². The van der Waals surface area contributed by atoms with Crippen molar-refractivity contribution in [2.45, 2.75) is 63.5 Å². The maximum Gasteiger partial charge on any atom is 0.333 e. The van der Waals surface area contributed by atoms with E-state index in [1.165, 1.54) is 0 Å². The molecule has 0 aromatic heterocycles. The third-order valence-electron chi connectivity index (χ3n) is 7.19. The number of imide groups is 4. The van der Waals surface area contributed by atoms with E-state index in [0.717, 1.165) is 24.3 Å². The van der Waals surface area contributed by atoms with Crippen LogP contribution < -0.4 is 10.6 Å². The highest BCUT2D eigenvalue weighted by atomic mass is 16.7. The first-order valence-electron chi connectivity index (χ1n) is 14.6. The van der Waals surface area contributed by atoms with Gasteiger partial charge >= 0.3 is 11.9 Å². The number of carbonyl (C=O) groups is 12. The van der Waals surface area contributed by atoms with E-state index in [1.54, 1.807) is 0 Å². The second-order valence-corrected chi connectivity index (χ2v) is 10.5. The fraction of sp³-hybridized carbons (Fsp3) is 0.429. The Balaban J connectivity index is 1.42. The first-order valence-corrected chi connectivity index (χ1v) is 14.6. The third kappa shape index (κ3) is 7.82. The molecule has 4 aliphatic rings. The summed E-state index contributed by atoms with van der Waals surface area (Å²) in [6.07, 6.45) is 1.68. The lowest BCUT2D eigenvalue weighted by Crippen LogP contribution is -2.65. The van der Waals surface area contributed by atoms with Gasteiger partial charge in [0.2, 0.25) is 11.8 Å². The van der Waals surface area contributed by atoms with E-state index < -0.39 is 95.9 Å². The lowest BCUT2D eigenvalue weighted by Gasteiger charge is -2.35. The summed E-state index contributed by atoms with van der Waals surface area (Å²) in [7, 11) is 0. The molecule has 48 heavy (non-hydrogen) atoms. The Hall–Kier alpha value is -6.08. The normalized spacial score (nSPS) is 18.8. The quantitative estimate of drug-likeness (QED) is 0.127. The summed E-state index contributed by atoms with van der Waals surface area (Å²) in [6, 6.07) is -4.20. The third-order valence-corrected chi connectivity index (χ3v) is 7.19. The lowest BCUT2D eigenvalue weighted by molar-refractivity contribution is -0.197. The predicted octanol–water partition coefficient (Wildman–Crippen LogP) is -3.42. The molecule has 0 spiro atoms. The largest absolute Gasteiger partial charge is 0.354 e. The van der Waals surface area contributed by atoms with Gasteiger partial charge in [0.05, 0.1) is 0 Å². The molecule has 2 N–H and O–H groups in total. The van der Waals surface area contributed by atoms with Crippen LogP contribution in [0.4, 0.5) is 0 Å². The average Bonchev–Trinajstić information content (AvgIpc) is 3.75. The highest BCUT2D eigenvalue weighted by Crippen LogP contribution is 2.21. The molecule has 0 unspecified atom stereocenters. The molecule has 10 amide bonds. The van der Waals surface area contributed by atoms with Gasteiger partial charge in [-0.1, -0.05) is 0 Å². The monoisotopic (exact) mass is 672 g/mol. The van der Waals surface area contributed by atoms with Gasteiger partial charge in [0.15, 0.2) is 0 Å². The Labute approximate surface area is 269 Å². The first-order chi connectivity index (χ1) is 22.8. The molecular formula is C28H28N6O14. The Bertz CT molecular complexity index is 1380. The van der Waals surface area contributed by atoms with Gasteiger partial charge in [-0.2, -0.15) is 0 Å². The van der Waals surface area contributed by atoms with Crippen LogP contribution in [0.2, 0.25) is 0 Å². The molecule has 0 radical (unpaired) electrons. The minimum Gasteiger partial charge on any atom is -0.354 e. The molecule has 0 aliphatic carbocycles. The number of rotatable bonds is 15. The van der Waals surface area contributed by atoms with E-state index in [4.69, 9.17) is 9.68 Å². The van der Waals surface area contributed by atoms with Crippen molar-refractivity contribution in [1.29, 1.82) is 0 Å². The lowest BCUT2D eigenvalue weighted by atomic mass is 10.0. The highest BCUT2D eigenvalue weighted by Gasteiger charge is 2.50. The molecular weight excluding hydrogens is 644 g/mol. The Morgan fingerprint density at radius 2 is 0.833 bits per heavy atom. The van der Waals surface area contributed by atoms with Crippen LogP contribution in [-0.2, 0) is 67.2 Å². The van der Waals surface area contributed by atoms with Gasteiger partial charge in [-0.3, -0.25) is 57.7 Å². The smallest absolute Gasteiger partial charge is 0.333 e. The van der Waals surface area contributed by atoms with Crippen LogP contribution in [0.15, 0.2) is 24.3 Å². The number of hydrogen-bond acceptors (Lipinski definition) is 14. The van der Waals surface area contributed by atoms with Gasteiger partial charge < -0.3 is 20.3 Å². The van der Waals surface area contributed by atoms with Gasteiger partial charge in [0.1, 0.15) is 12.1 Å². The molecule has 4 rings (SSSR count). The number of amides is 10. The molecule has 20 heteroatoms. The van der Waals surface area contributed by atoms with E-state index in [-0.39, 0.29) is 51.6 Å². The van der Waals surface area contributed by atoms with Crippen molar-refractivity contribution in [1.82, 2.24) is 30.6 Å². The van der Waals surface area contributed by atoms with Crippen molar-refractivity contribution in [3.8, 4) is 0 Å². The van der Waals surface area contributed by atoms with Crippen molar-refractivity contribution >= 4 is 71.0 Å². The van der Waals surface area contributed by atoms with E-state index >= 15 is 0 Å². The van der Waals surface area contributed by atoms with Gasteiger partial charge in [-0.15, -0.1) is 10.1 Å². The second-order valence-electron chi connectivity index (χ2n) is 10.5. The SMILES string of the molecule is O=C(CCCNC(=O)[C@H]([C@@H](C(=O)NCCCC(=O)ON1C(=O)CCC1=O)N1C(=O)C=CC1=O)N1C(=O)C=CC1=O)ON1C(=O)CCC1=O. The molecule has 254 valence electrons. The van der Waals surface area contributed by atoms with Crippen molar-refractivity contribution in [2.75, 3.05) is 13.1 Å². The van der Waals surface area contributed by atoms with E-state index in [2.05, 4.69) is 10.6 Å². The summed E-state index contributed by atoms with van der Waals surface area (Å²) in [5.41, 5.74) is 0. The molecule has 2 fully saturated rings. The molecule has 20 nitrogen and oxygen atoms in total. The van der Waals surface area contributed by atoms with Crippen molar-refractivity contribution < 1.29 is 67.2 Å². The summed E-state index contributed by atoms with van der Waals surface area (Å²) in [5.74, 6) is -11.2. The summed E-state index contributed by atoms with van der Waals surface area (Å²) >= 11 is 0. The zero-order valence-corrected chi connectivity index (χ0v) is 25.0. The Morgan fingerprint density at radius 1 is 0.542 bits per heavy atom. The molecule has 4 heterocycles. The van der Waals surface area contributed by atoms with Crippen LogP contribution in [-0.4, -0.2) is 116 Å². The molecule has 0 bridgehead atoms. The summed E-state index contributed by atoms with van der Waals surface area (Å²) in [6.45, 7) is -0.650.